The second-order valence-electron chi connectivity index (χ2n) is 9.23. The van der Waals surface area contributed by atoms with E-state index < -0.39 is 41.8 Å². The standard InChI is InChI=1S/C26H34N8O5/c27-17-7-3-15(4-8-17)12-20-24(38)34-21(13-16-5-9-18(35)10-6-16)25(39)33-19(2-1-11-30-26(28)29)23(37)31-14-22(36)32-20/h3-10,19-21,35H,1-2,11-14,27H2,(H,31,37)(H,32,36)(H,33,39)(H,34,38)(H4,28,29,30). The molecule has 39 heavy (non-hydrogen) atoms. The van der Waals surface area contributed by atoms with Gasteiger partial charge < -0.3 is 43.6 Å². The fourth-order valence-corrected chi connectivity index (χ4v) is 4.03. The largest absolute Gasteiger partial charge is 0.508 e. The molecule has 0 bridgehead atoms. The van der Waals surface area contributed by atoms with Crippen LogP contribution < -0.4 is 38.5 Å². The molecule has 1 fully saturated rings. The summed E-state index contributed by atoms with van der Waals surface area (Å²) in [6, 6.07) is 9.91. The minimum Gasteiger partial charge on any atom is -0.508 e. The van der Waals surface area contributed by atoms with Crippen molar-refractivity contribution in [3.8, 4) is 5.75 Å². The summed E-state index contributed by atoms with van der Waals surface area (Å²) < 4.78 is 0. The number of nitrogens with two attached hydrogens (primary N) is 3. The van der Waals surface area contributed by atoms with Crippen LogP contribution in [-0.4, -0.2) is 65.9 Å². The Balaban J connectivity index is 1.86. The van der Waals surface area contributed by atoms with E-state index in [0.29, 0.717) is 17.7 Å². The lowest BCUT2D eigenvalue weighted by Gasteiger charge is -2.27. The van der Waals surface area contributed by atoms with Gasteiger partial charge in [-0.05, 0) is 48.2 Å². The van der Waals surface area contributed by atoms with Gasteiger partial charge in [0.05, 0.1) is 6.54 Å². The summed E-state index contributed by atoms with van der Waals surface area (Å²) >= 11 is 0. The Morgan fingerprint density at radius 2 is 1.33 bits per heavy atom. The average Bonchev–Trinajstić information content (AvgIpc) is 2.89. The summed E-state index contributed by atoms with van der Waals surface area (Å²) in [5.74, 6) is -2.33. The number of aromatic hydroxyl groups is 1. The predicted molar refractivity (Wildman–Crippen MR) is 145 cm³/mol. The van der Waals surface area contributed by atoms with E-state index in [4.69, 9.17) is 17.2 Å². The zero-order valence-corrected chi connectivity index (χ0v) is 21.4. The van der Waals surface area contributed by atoms with Crippen molar-refractivity contribution in [2.45, 2.75) is 43.8 Å². The van der Waals surface area contributed by atoms with Crippen molar-refractivity contribution in [3.05, 3.63) is 59.7 Å². The first-order chi connectivity index (χ1) is 18.6. The summed E-state index contributed by atoms with van der Waals surface area (Å²) in [6.07, 6.45) is 0.770. The number of carbonyl (C=O) groups excluding carboxylic acids is 4. The van der Waals surface area contributed by atoms with Gasteiger partial charge in [-0.15, -0.1) is 0 Å². The number of nitrogen functional groups attached to an aromatic ring is 1. The maximum Gasteiger partial charge on any atom is 0.243 e. The molecule has 3 rings (SSSR count). The zero-order valence-electron chi connectivity index (χ0n) is 21.4. The summed E-state index contributed by atoms with van der Waals surface area (Å²) in [5, 5.41) is 20.2. The number of amides is 4. The Morgan fingerprint density at radius 1 is 0.795 bits per heavy atom. The lowest BCUT2D eigenvalue weighted by atomic mass is 10.0. The fourth-order valence-electron chi connectivity index (χ4n) is 4.03. The van der Waals surface area contributed by atoms with Crippen molar-refractivity contribution < 1.29 is 24.3 Å². The molecule has 0 aromatic heterocycles. The predicted octanol–water partition coefficient (Wildman–Crippen LogP) is -1.60. The number of carbonyl (C=O) groups is 4. The van der Waals surface area contributed by atoms with Gasteiger partial charge in [-0.3, -0.25) is 24.2 Å². The highest BCUT2D eigenvalue weighted by atomic mass is 16.3. The molecule has 4 amide bonds. The van der Waals surface area contributed by atoms with Gasteiger partial charge in [0, 0.05) is 25.1 Å². The monoisotopic (exact) mass is 538 g/mol. The van der Waals surface area contributed by atoms with E-state index in [1.54, 1.807) is 36.4 Å². The Hall–Kier alpha value is -4.81. The molecule has 1 saturated heterocycles. The van der Waals surface area contributed by atoms with Gasteiger partial charge in [-0.25, -0.2) is 0 Å². The quantitative estimate of drug-likeness (QED) is 0.0842. The minimum absolute atomic E-state index is 0.0507. The molecule has 0 radical (unpaired) electrons. The molecule has 0 saturated carbocycles. The van der Waals surface area contributed by atoms with Crippen LogP contribution in [0.3, 0.4) is 0 Å². The van der Waals surface area contributed by atoms with Crippen LogP contribution in [0.15, 0.2) is 53.5 Å². The summed E-state index contributed by atoms with van der Waals surface area (Å²) in [4.78, 5) is 56.2. The third kappa shape index (κ3) is 9.22. The van der Waals surface area contributed by atoms with E-state index in [1.165, 1.54) is 12.1 Å². The van der Waals surface area contributed by atoms with Crippen LogP contribution in [0.5, 0.6) is 5.75 Å². The smallest absolute Gasteiger partial charge is 0.243 e. The number of guanidine groups is 1. The van der Waals surface area contributed by atoms with Crippen molar-refractivity contribution >= 4 is 35.3 Å². The van der Waals surface area contributed by atoms with E-state index in [0.717, 1.165) is 5.56 Å². The number of nitrogens with one attached hydrogen (secondary N) is 4. The molecule has 208 valence electrons. The van der Waals surface area contributed by atoms with Gasteiger partial charge >= 0.3 is 0 Å². The van der Waals surface area contributed by atoms with Crippen molar-refractivity contribution in [1.29, 1.82) is 0 Å². The van der Waals surface area contributed by atoms with E-state index in [-0.39, 0.29) is 44.1 Å². The number of hydrogen-bond donors (Lipinski definition) is 8. The van der Waals surface area contributed by atoms with Crippen molar-refractivity contribution in [3.63, 3.8) is 0 Å². The first-order valence-electron chi connectivity index (χ1n) is 12.5. The summed E-state index contributed by atoms with van der Waals surface area (Å²) in [7, 11) is 0. The summed E-state index contributed by atoms with van der Waals surface area (Å²) in [6.45, 7) is -0.148. The van der Waals surface area contributed by atoms with Crippen LogP contribution in [0, 0.1) is 0 Å². The maximum absolute atomic E-state index is 13.4. The molecule has 1 aliphatic heterocycles. The highest BCUT2D eigenvalue weighted by Gasteiger charge is 2.31. The molecule has 1 heterocycles. The Kier molecular flexibility index (Phi) is 10.1. The highest BCUT2D eigenvalue weighted by molar-refractivity contribution is 5.96. The SMILES string of the molecule is NC(N)=NCCCC1NC(=O)C(Cc2ccc(O)cc2)NC(=O)C(Cc2ccc(N)cc2)NC(=O)CNC1=O. The van der Waals surface area contributed by atoms with E-state index in [2.05, 4.69) is 26.3 Å². The van der Waals surface area contributed by atoms with Gasteiger partial charge in [-0.2, -0.15) is 0 Å². The maximum atomic E-state index is 13.4. The zero-order chi connectivity index (χ0) is 28.4. The fraction of sp³-hybridized carbons (Fsp3) is 0.346. The van der Waals surface area contributed by atoms with Crippen molar-refractivity contribution in [1.82, 2.24) is 21.3 Å². The van der Waals surface area contributed by atoms with Gasteiger partial charge in [-0.1, -0.05) is 24.3 Å². The Bertz CT molecular complexity index is 1200. The van der Waals surface area contributed by atoms with E-state index >= 15 is 0 Å². The van der Waals surface area contributed by atoms with E-state index in [1.807, 2.05) is 0 Å². The molecule has 2 aromatic rings. The molecule has 11 N–H and O–H groups in total. The highest BCUT2D eigenvalue weighted by Crippen LogP contribution is 2.13. The number of benzene rings is 2. The average molecular weight is 539 g/mol. The molecule has 1 aliphatic rings. The van der Waals surface area contributed by atoms with Crippen LogP contribution in [0.25, 0.3) is 0 Å². The van der Waals surface area contributed by atoms with Crippen LogP contribution in [0.2, 0.25) is 0 Å². The number of nitrogens with zero attached hydrogens (tertiary/aromatic N) is 1. The van der Waals surface area contributed by atoms with Crippen molar-refractivity contribution in [2.24, 2.45) is 16.5 Å². The third-order valence-corrected chi connectivity index (χ3v) is 6.08. The Morgan fingerprint density at radius 3 is 1.92 bits per heavy atom. The van der Waals surface area contributed by atoms with Gasteiger partial charge in [0.1, 0.15) is 23.9 Å². The molecule has 13 heteroatoms. The molecular formula is C26H34N8O5. The lowest BCUT2D eigenvalue weighted by Crippen LogP contribution is -2.60. The van der Waals surface area contributed by atoms with E-state index in [9.17, 15) is 24.3 Å². The summed E-state index contributed by atoms with van der Waals surface area (Å²) in [5.41, 5.74) is 18.4. The second-order valence-corrected chi connectivity index (χ2v) is 9.23. The van der Waals surface area contributed by atoms with Crippen LogP contribution in [-0.2, 0) is 32.0 Å². The van der Waals surface area contributed by atoms with Crippen LogP contribution in [0.1, 0.15) is 24.0 Å². The first-order valence-corrected chi connectivity index (χ1v) is 12.5. The number of anilines is 1. The number of rotatable bonds is 8. The third-order valence-electron chi connectivity index (χ3n) is 6.08. The molecule has 3 atom stereocenters. The number of phenols is 1. The lowest BCUT2D eigenvalue weighted by molar-refractivity contribution is -0.135. The first kappa shape index (κ1) is 28.8. The molecule has 13 nitrogen and oxygen atoms in total. The van der Waals surface area contributed by atoms with Crippen LogP contribution in [0.4, 0.5) is 5.69 Å². The Labute approximate surface area is 225 Å². The van der Waals surface area contributed by atoms with Gasteiger partial charge in [0.2, 0.25) is 23.6 Å². The molecular weight excluding hydrogens is 504 g/mol. The molecule has 2 aromatic carbocycles. The number of hydrogen-bond acceptors (Lipinski definition) is 7. The van der Waals surface area contributed by atoms with Crippen molar-refractivity contribution in [2.75, 3.05) is 18.8 Å². The molecule has 0 spiro atoms. The normalized spacial score (nSPS) is 20.4. The molecule has 3 unspecified atom stereocenters. The van der Waals surface area contributed by atoms with Gasteiger partial charge in [0.15, 0.2) is 5.96 Å². The number of aliphatic imine (C=N–C) groups is 1. The number of phenolic OH excluding ortho intramolecular Hbond substituents is 1. The van der Waals surface area contributed by atoms with Gasteiger partial charge in [0.25, 0.3) is 0 Å². The molecule has 0 aliphatic carbocycles. The minimum atomic E-state index is -1.08. The van der Waals surface area contributed by atoms with Crippen LogP contribution >= 0.6 is 0 Å². The second kappa shape index (κ2) is 13.7. The topological polar surface area (TPSA) is 227 Å².